The zero-order valence-corrected chi connectivity index (χ0v) is 14.6. The van der Waals surface area contributed by atoms with Crippen LogP contribution in [-0.4, -0.2) is 53.1 Å². The van der Waals surface area contributed by atoms with Gasteiger partial charge in [0, 0.05) is 31.0 Å². The minimum absolute atomic E-state index is 0.225. The molecule has 0 radical (unpaired) electrons. The number of hydrogen-bond donors (Lipinski definition) is 1. The Kier molecular flexibility index (Phi) is 5.66. The summed E-state index contributed by atoms with van der Waals surface area (Å²) in [5.74, 6) is -0.377. The average Bonchev–Trinajstić information content (AvgIpc) is 3.26. The van der Waals surface area contributed by atoms with Gasteiger partial charge in [0.15, 0.2) is 0 Å². The van der Waals surface area contributed by atoms with Crippen LogP contribution in [0.5, 0.6) is 0 Å². The number of nitro groups is 1. The van der Waals surface area contributed by atoms with Gasteiger partial charge in [-0.15, -0.1) is 0 Å². The highest BCUT2D eigenvalue weighted by atomic mass is 16.6. The monoisotopic (exact) mass is 341 g/mol. The van der Waals surface area contributed by atoms with Gasteiger partial charge in [0.1, 0.15) is 11.5 Å². The fraction of sp³-hybridized carbons (Fsp3) is 0.875. The maximum absolute atomic E-state index is 12.1. The highest BCUT2D eigenvalue weighted by Crippen LogP contribution is 2.33. The van der Waals surface area contributed by atoms with Crippen molar-refractivity contribution in [3.63, 3.8) is 0 Å². The number of ether oxygens (including phenoxy) is 1. The molecular formula is C16H27N3O5. The summed E-state index contributed by atoms with van der Waals surface area (Å²) in [6.45, 7) is 7.36. The maximum Gasteiger partial charge on any atom is 0.410 e. The molecule has 8 nitrogen and oxygen atoms in total. The number of rotatable bonds is 5. The van der Waals surface area contributed by atoms with E-state index in [1.807, 2.05) is 20.8 Å². The van der Waals surface area contributed by atoms with Gasteiger partial charge in [-0.3, -0.25) is 14.9 Å². The number of hydrogen-bond acceptors (Lipinski definition) is 5. The Morgan fingerprint density at radius 2 is 2.08 bits per heavy atom. The first kappa shape index (κ1) is 18.5. The molecule has 1 aliphatic heterocycles. The van der Waals surface area contributed by atoms with E-state index in [2.05, 4.69) is 5.32 Å². The summed E-state index contributed by atoms with van der Waals surface area (Å²) in [6.07, 6.45) is 2.75. The molecule has 1 saturated carbocycles. The van der Waals surface area contributed by atoms with Crippen LogP contribution in [0.15, 0.2) is 0 Å². The third-order valence-corrected chi connectivity index (χ3v) is 4.39. The predicted molar refractivity (Wildman–Crippen MR) is 87.0 cm³/mol. The van der Waals surface area contributed by atoms with E-state index in [1.165, 1.54) is 0 Å². The molecule has 0 aromatic heterocycles. The average molecular weight is 341 g/mol. The number of carbonyl (C=O) groups is 2. The van der Waals surface area contributed by atoms with E-state index in [0.717, 1.165) is 19.3 Å². The smallest absolute Gasteiger partial charge is 0.410 e. The van der Waals surface area contributed by atoms with Gasteiger partial charge < -0.3 is 15.0 Å². The first-order chi connectivity index (χ1) is 11.2. The van der Waals surface area contributed by atoms with Crippen molar-refractivity contribution in [3.05, 3.63) is 10.1 Å². The minimum atomic E-state index is -0.706. The molecule has 0 bridgehead atoms. The molecule has 0 unspecified atom stereocenters. The van der Waals surface area contributed by atoms with Crippen molar-refractivity contribution in [3.8, 4) is 0 Å². The normalized spacial score (nSPS) is 26.6. The molecular weight excluding hydrogens is 314 g/mol. The summed E-state index contributed by atoms with van der Waals surface area (Å²) in [7, 11) is 0. The lowest BCUT2D eigenvalue weighted by molar-refractivity contribution is -0.497. The molecule has 2 aliphatic rings. The quantitative estimate of drug-likeness (QED) is 0.607. The fourth-order valence-corrected chi connectivity index (χ4v) is 3.02. The highest BCUT2D eigenvalue weighted by Gasteiger charge is 2.53. The highest BCUT2D eigenvalue weighted by molar-refractivity contribution is 5.81. The summed E-state index contributed by atoms with van der Waals surface area (Å²) in [6, 6.07) is -0.706. The lowest BCUT2D eigenvalue weighted by Crippen LogP contribution is -2.43. The Morgan fingerprint density at radius 1 is 1.38 bits per heavy atom. The van der Waals surface area contributed by atoms with E-state index >= 15 is 0 Å². The molecule has 1 heterocycles. The van der Waals surface area contributed by atoms with Gasteiger partial charge in [-0.2, -0.15) is 0 Å². The van der Waals surface area contributed by atoms with Gasteiger partial charge in [-0.05, 0) is 46.0 Å². The summed E-state index contributed by atoms with van der Waals surface area (Å²) in [4.78, 5) is 35.8. The molecule has 0 aromatic rings. The molecule has 3 atom stereocenters. The van der Waals surface area contributed by atoms with Crippen LogP contribution in [0.2, 0.25) is 0 Å². The lowest BCUT2D eigenvalue weighted by Gasteiger charge is -2.34. The van der Waals surface area contributed by atoms with E-state index in [4.69, 9.17) is 4.74 Å². The van der Waals surface area contributed by atoms with Crippen LogP contribution in [0.4, 0.5) is 4.79 Å². The molecule has 136 valence electrons. The third kappa shape index (κ3) is 5.35. The van der Waals surface area contributed by atoms with Crippen LogP contribution in [-0.2, 0) is 9.53 Å². The summed E-state index contributed by atoms with van der Waals surface area (Å²) in [5, 5.41) is 13.4. The van der Waals surface area contributed by atoms with Crippen molar-refractivity contribution in [2.75, 3.05) is 19.6 Å². The van der Waals surface area contributed by atoms with Crippen LogP contribution >= 0.6 is 0 Å². The molecule has 1 N–H and O–H groups in total. The Balaban J connectivity index is 1.69. The predicted octanol–water partition coefficient (Wildman–Crippen LogP) is 1.81. The second kappa shape index (κ2) is 7.36. The Morgan fingerprint density at radius 3 is 2.67 bits per heavy atom. The summed E-state index contributed by atoms with van der Waals surface area (Å²) < 4.78 is 5.40. The molecule has 0 spiro atoms. The number of likely N-dealkylation sites (tertiary alicyclic amines) is 1. The lowest BCUT2D eigenvalue weighted by atomic mass is 9.95. The van der Waals surface area contributed by atoms with E-state index in [9.17, 15) is 19.7 Å². The minimum Gasteiger partial charge on any atom is -0.444 e. The van der Waals surface area contributed by atoms with Crippen molar-refractivity contribution in [2.24, 2.45) is 11.8 Å². The van der Waals surface area contributed by atoms with E-state index in [-0.39, 0.29) is 16.9 Å². The Bertz CT molecular complexity index is 502. The molecule has 2 fully saturated rings. The van der Waals surface area contributed by atoms with Gasteiger partial charge in [0.2, 0.25) is 11.9 Å². The fourth-order valence-electron chi connectivity index (χ4n) is 3.02. The Labute approximate surface area is 142 Å². The van der Waals surface area contributed by atoms with Crippen LogP contribution in [0.25, 0.3) is 0 Å². The molecule has 8 heteroatoms. The summed E-state index contributed by atoms with van der Waals surface area (Å²) >= 11 is 0. The molecule has 2 rings (SSSR count). The van der Waals surface area contributed by atoms with E-state index in [1.54, 1.807) is 4.90 Å². The number of piperidine rings is 1. The van der Waals surface area contributed by atoms with Crippen molar-refractivity contribution in [2.45, 2.75) is 58.1 Å². The first-order valence-corrected chi connectivity index (χ1v) is 8.56. The van der Waals surface area contributed by atoms with E-state index < -0.39 is 17.6 Å². The largest absolute Gasteiger partial charge is 0.444 e. The zero-order valence-electron chi connectivity index (χ0n) is 14.6. The number of nitrogens with one attached hydrogen (secondary N) is 1. The Hall–Kier alpha value is -1.86. The van der Waals surface area contributed by atoms with Gasteiger partial charge in [0.25, 0.3) is 0 Å². The van der Waals surface area contributed by atoms with Crippen molar-refractivity contribution >= 4 is 12.0 Å². The third-order valence-electron chi connectivity index (χ3n) is 4.39. The second-order valence-corrected chi connectivity index (χ2v) is 7.71. The van der Waals surface area contributed by atoms with Gasteiger partial charge >= 0.3 is 6.09 Å². The van der Waals surface area contributed by atoms with Crippen molar-refractivity contribution in [1.29, 1.82) is 0 Å². The SMILES string of the molecule is CC(C)(C)OC(=O)N1CCC[C@H](CCNC(=O)[C@@H]2C[C@H]2[N+](=O)[O-])C1. The molecule has 24 heavy (non-hydrogen) atoms. The van der Waals surface area contributed by atoms with Crippen LogP contribution in [0.3, 0.4) is 0 Å². The standard InChI is InChI=1S/C16H27N3O5/c1-16(2,3)24-15(21)18-8-4-5-11(10-18)6-7-17-14(20)12-9-13(12)19(22)23/h11-13H,4-10H2,1-3H3,(H,17,20)/t11-,12-,13-/m1/s1. The van der Waals surface area contributed by atoms with Crippen molar-refractivity contribution in [1.82, 2.24) is 10.2 Å². The second-order valence-electron chi connectivity index (χ2n) is 7.71. The molecule has 2 amide bonds. The van der Waals surface area contributed by atoms with Crippen LogP contribution < -0.4 is 5.32 Å². The van der Waals surface area contributed by atoms with Crippen LogP contribution in [0, 0.1) is 22.0 Å². The van der Waals surface area contributed by atoms with E-state index in [0.29, 0.717) is 32.0 Å². The van der Waals surface area contributed by atoms with Gasteiger partial charge in [0.05, 0.1) is 0 Å². The topological polar surface area (TPSA) is 102 Å². The molecule has 1 aliphatic carbocycles. The molecule has 0 aromatic carbocycles. The van der Waals surface area contributed by atoms with Gasteiger partial charge in [-0.25, -0.2) is 4.79 Å². The maximum atomic E-state index is 12.1. The van der Waals surface area contributed by atoms with Crippen molar-refractivity contribution < 1.29 is 19.2 Å². The number of carbonyl (C=O) groups excluding carboxylic acids is 2. The summed E-state index contributed by atoms with van der Waals surface area (Å²) in [5.41, 5.74) is -0.504. The number of nitrogens with zero attached hydrogens (tertiary/aromatic N) is 2. The van der Waals surface area contributed by atoms with Crippen LogP contribution in [0.1, 0.15) is 46.5 Å². The molecule has 1 saturated heterocycles. The zero-order chi connectivity index (χ0) is 17.9. The first-order valence-electron chi connectivity index (χ1n) is 8.56. The number of amides is 2. The van der Waals surface area contributed by atoms with Gasteiger partial charge in [-0.1, -0.05) is 0 Å².